The van der Waals surface area contributed by atoms with E-state index in [1.54, 1.807) is 0 Å². The van der Waals surface area contributed by atoms with Crippen molar-refractivity contribution in [2.24, 2.45) is 11.8 Å². The van der Waals surface area contributed by atoms with Crippen LogP contribution in [0.15, 0.2) is 0 Å². The summed E-state index contributed by atoms with van der Waals surface area (Å²) in [5, 5.41) is 3.35. The van der Waals surface area contributed by atoms with Crippen molar-refractivity contribution in [3.05, 3.63) is 0 Å². The van der Waals surface area contributed by atoms with Gasteiger partial charge in [-0.15, -0.1) is 0 Å². The third-order valence-electron chi connectivity index (χ3n) is 3.96. The van der Waals surface area contributed by atoms with Crippen LogP contribution in [0.5, 0.6) is 0 Å². The first-order valence-electron chi connectivity index (χ1n) is 6.45. The number of hydrogen-bond acceptors (Lipinski definition) is 2. The predicted octanol–water partition coefficient (Wildman–Crippen LogP) is 1.88. The molecule has 0 radical (unpaired) electrons. The first-order valence-corrected chi connectivity index (χ1v) is 6.45. The normalized spacial score (nSPS) is 27.9. The van der Waals surface area contributed by atoms with Crippen LogP contribution in [0.4, 0.5) is 0 Å². The van der Waals surface area contributed by atoms with Crippen molar-refractivity contribution in [3.8, 4) is 0 Å². The number of carbonyl (C=O) groups excluding carboxylic acids is 1. The maximum absolute atomic E-state index is 12.3. The molecule has 0 aliphatic carbocycles. The van der Waals surface area contributed by atoms with E-state index in [4.69, 9.17) is 0 Å². The average Bonchev–Trinajstić information content (AvgIpc) is 2.26. The van der Waals surface area contributed by atoms with Crippen molar-refractivity contribution in [2.45, 2.75) is 52.6 Å². The third kappa shape index (κ3) is 2.97. The van der Waals surface area contributed by atoms with Gasteiger partial charge in [-0.25, -0.2) is 0 Å². The van der Waals surface area contributed by atoms with E-state index in [-0.39, 0.29) is 11.9 Å². The lowest BCUT2D eigenvalue weighted by atomic mass is 9.91. The molecule has 94 valence electrons. The second-order valence-electron chi connectivity index (χ2n) is 5.49. The van der Waals surface area contributed by atoms with Gasteiger partial charge in [0.25, 0.3) is 0 Å². The Kier molecular flexibility index (Phi) is 4.78. The smallest absolute Gasteiger partial charge is 0.239 e. The molecular weight excluding hydrogens is 200 g/mol. The quantitative estimate of drug-likeness (QED) is 0.797. The van der Waals surface area contributed by atoms with E-state index in [0.29, 0.717) is 17.9 Å². The lowest BCUT2D eigenvalue weighted by molar-refractivity contribution is -0.136. The van der Waals surface area contributed by atoms with Crippen LogP contribution in [0.1, 0.15) is 40.5 Å². The van der Waals surface area contributed by atoms with Crippen molar-refractivity contribution < 1.29 is 4.79 Å². The highest BCUT2D eigenvalue weighted by Gasteiger charge is 2.31. The van der Waals surface area contributed by atoms with E-state index in [1.165, 1.54) is 6.42 Å². The van der Waals surface area contributed by atoms with E-state index < -0.39 is 0 Å². The zero-order chi connectivity index (χ0) is 12.3. The average molecular weight is 226 g/mol. The van der Waals surface area contributed by atoms with Gasteiger partial charge in [-0.3, -0.25) is 4.79 Å². The van der Waals surface area contributed by atoms with E-state index in [0.717, 1.165) is 13.0 Å². The Bertz CT molecular complexity index is 240. The zero-order valence-corrected chi connectivity index (χ0v) is 11.3. The minimum atomic E-state index is 0.0277. The molecular formula is C13H26N2O. The van der Waals surface area contributed by atoms with E-state index in [2.05, 4.69) is 33.0 Å². The van der Waals surface area contributed by atoms with Gasteiger partial charge >= 0.3 is 0 Å². The summed E-state index contributed by atoms with van der Waals surface area (Å²) in [6, 6.07) is 0.336. The van der Waals surface area contributed by atoms with Crippen LogP contribution in [0.3, 0.4) is 0 Å². The fraction of sp³-hybridized carbons (Fsp3) is 0.923. The summed E-state index contributed by atoms with van der Waals surface area (Å²) in [6.45, 7) is 9.58. The number of nitrogens with zero attached hydrogens (tertiary/aromatic N) is 1. The highest BCUT2D eigenvalue weighted by Crippen LogP contribution is 2.19. The van der Waals surface area contributed by atoms with Crippen LogP contribution < -0.4 is 5.32 Å². The third-order valence-corrected chi connectivity index (χ3v) is 3.96. The maximum atomic E-state index is 12.3. The van der Waals surface area contributed by atoms with Gasteiger partial charge < -0.3 is 10.2 Å². The highest BCUT2D eigenvalue weighted by molar-refractivity contribution is 5.82. The van der Waals surface area contributed by atoms with Crippen molar-refractivity contribution >= 4 is 5.91 Å². The van der Waals surface area contributed by atoms with Crippen molar-refractivity contribution in [1.82, 2.24) is 10.2 Å². The summed E-state index contributed by atoms with van der Waals surface area (Å²) in [7, 11) is 1.93. The summed E-state index contributed by atoms with van der Waals surface area (Å²) in [5.74, 6) is 1.23. The first kappa shape index (κ1) is 13.5. The zero-order valence-electron chi connectivity index (χ0n) is 11.3. The summed E-state index contributed by atoms with van der Waals surface area (Å²) < 4.78 is 0. The minimum Gasteiger partial charge on any atom is -0.341 e. The van der Waals surface area contributed by atoms with Gasteiger partial charge in [-0.2, -0.15) is 0 Å². The molecule has 0 aromatic carbocycles. The molecule has 1 N–H and O–H groups in total. The van der Waals surface area contributed by atoms with Gasteiger partial charge in [0.15, 0.2) is 0 Å². The molecule has 0 bridgehead atoms. The van der Waals surface area contributed by atoms with Crippen LogP contribution in [0.25, 0.3) is 0 Å². The van der Waals surface area contributed by atoms with E-state index in [9.17, 15) is 4.79 Å². The Hall–Kier alpha value is -0.570. The number of likely N-dealkylation sites (N-methyl/N-ethyl adjacent to an activating group) is 1. The Morgan fingerprint density at radius 3 is 2.50 bits per heavy atom. The molecule has 0 spiro atoms. The molecule has 1 aliphatic rings. The largest absolute Gasteiger partial charge is 0.341 e. The summed E-state index contributed by atoms with van der Waals surface area (Å²) in [4.78, 5) is 14.2. The molecule has 3 atom stereocenters. The summed E-state index contributed by atoms with van der Waals surface area (Å²) in [6.07, 6.45) is 2.35. The molecule has 1 heterocycles. The fourth-order valence-corrected chi connectivity index (χ4v) is 2.25. The molecule has 0 aromatic rings. The monoisotopic (exact) mass is 226 g/mol. The molecule has 3 nitrogen and oxygen atoms in total. The Labute approximate surface area is 99.6 Å². The number of carbonyl (C=O) groups is 1. The lowest BCUT2D eigenvalue weighted by Crippen LogP contribution is -2.53. The van der Waals surface area contributed by atoms with Crippen LogP contribution >= 0.6 is 0 Å². The van der Waals surface area contributed by atoms with Crippen molar-refractivity contribution in [3.63, 3.8) is 0 Å². The van der Waals surface area contributed by atoms with Gasteiger partial charge in [0.05, 0.1) is 6.04 Å². The molecule has 0 aromatic heterocycles. The predicted molar refractivity (Wildman–Crippen MR) is 67.3 cm³/mol. The molecule has 3 heteroatoms. The second kappa shape index (κ2) is 5.67. The van der Waals surface area contributed by atoms with Crippen LogP contribution in [0, 0.1) is 11.8 Å². The minimum absolute atomic E-state index is 0.0277. The molecule has 1 amide bonds. The van der Waals surface area contributed by atoms with Gasteiger partial charge in [-0.05, 0) is 38.1 Å². The Morgan fingerprint density at radius 2 is 2.00 bits per heavy atom. The van der Waals surface area contributed by atoms with Gasteiger partial charge in [0.2, 0.25) is 5.91 Å². The summed E-state index contributed by atoms with van der Waals surface area (Å²) >= 11 is 0. The number of rotatable bonds is 3. The first-order chi connectivity index (χ1) is 7.45. The van der Waals surface area contributed by atoms with Crippen LogP contribution in [-0.2, 0) is 4.79 Å². The van der Waals surface area contributed by atoms with Crippen molar-refractivity contribution in [1.29, 1.82) is 0 Å². The maximum Gasteiger partial charge on any atom is 0.239 e. The van der Waals surface area contributed by atoms with Crippen LogP contribution in [-0.4, -0.2) is 36.5 Å². The van der Waals surface area contributed by atoms with E-state index >= 15 is 0 Å². The number of hydrogen-bond donors (Lipinski definition) is 1. The van der Waals surface area contributed by atoms with E-state index in [1.807, 2.05) is 11.9 Å². The molecule has 0 saturated carbocycles. The molecule has 16 heavy (non-hydrogen) atoms. The second-order valence-corrected chi connectivity index (χ2v) is 5.49. The van der Waals surface area contributed by atoms with Crippen molar-refractivity contribution in [2.75, 3.05) is 13.6 Å². The molecule has 3 unspecified atom stereocenters. The number of amides is 1. The topological polar surface area (TPSA) is 32.3 Å². The van der Waals surface area contributed by atoms with Gasteiger partial charge in [0.1, 0.15) is 0 Å². The summed E-state index contributed by atoms with van der Waals surface area (Å²) in [5.41, 5.74) is 0. The fourth-order valence-electron chi connectivity index (χ4n) is 2.25. The lowest BCUT2D eigenvalue weighted by Gasteiger charge is -2.36. The molecule has 1 aliphatic heterocycles. The van der Waals surface area contributed by atoms with Gasteiger partial charge in [0, 0.05) is 13.1 Å². The standard InChI is InChI=1S/C13H26N2O/c1-9(2)11(4)15(5)13(16)12-10(3)7-6-8-14-12/h9-12,14H,6-8H2,1-5H3. The van der Waals surface area contributed by atoms with Crippen LogP contribution in [0.2, 0.25) is 0 Å². The molecule has 1 saturated heterocycles. The highest BCUT2D eigenvalue weighted by atomic mass is 16.2. The Morgan fingerprint density at radius 1 is 1.38 bits per heavy atom. The number of piperidine rings is 1. The number of nitrogens with one attached hydrogen (secondary N) is 1. The SMILES string of the molecule is CC(C)C(C)N(C)C(=O)C1NCCCC1C. The molecule has 1 fully saturated rings. The molecule has 1 rings (SSSR count). The Balaban J connectivity index is 2.61. The van der Waals surface area contributed by atoms with Gasteiger partial charge in [-0.1, -0.05) is 20.8 Å².